The van der Waals surface area contributed by atoms with Crippen LogP contribution in [0.1, 0.15) is 0 Å². The molecule has 0 aromatic rings. The van der Waals surface area contributed by atoms with E-state index in [1.54, 1.807) is 0 Å². The molecule has 0 heterocycles. The van der Waals surface area contributed by atoms with E-state index >= 15 is 0 Å². The van der Waals surface area contributed by atoms with Crippen molar-refractivity contribution in [1.29, 1.82) is 0 Å². The molecular weight excluding hydrogens is 362 g/mol. The Hall–Kier alpha value is 2.98. The van der Waals surface area contributed by atoms with Gasteiger partial charge in [-0.05, 0) is 0 Å². The van der Waals surface area contributed by atoms with Crippen LogP contribution in [0.4, 0.5) is 0 Å². The van der Waals surface area contributed by atoms with Gasteiger partial charge in [0.05, 0.1) is 0 Å². The van der Waals surface area contributed by atoms with E-state index in [0.29, 0.717) is 0 Å². The maximum atomic E-state index is 8.74. The second-order valence-corrected chi connectivity index (χ2v) is 1.70. The Morgan fingerprint density at radius 1 is 0.450 bits per heavy atom. The van der Waals surface area contributed by atoms with Gasteiger partial charge in [-0.15, -0.1) is 0 Å². The Bertz CT molecular complexity index is 127. The van der Waals surface area contributed by atoms with Crippen molar-refractivity contribution in [2.24, 2.45) is 0 Å². The molecule has 0 aliphatic carbocycles. The van der Waals surface area contributed by atoms with Gasteiger partial charge in [0.1, 0.15) is 27.2 Å². The molecule has 0 amide bonds. The number of hydrogen-bond acceptors (Lipinski definition) is 6. The zero-order valence-electron chi connectivity index (χ0n) is 8.07. The molecule has 0 atom stereocenters. The average molecular weight is 380 g/mol. The fraction of sp³-hybridized carbons (Fsp3) is 0. The van der Waals surface area contributed by atoms with E-state index in [-0.39, 0.29) is 118 Å². The van der Waals surface area contributed by atoms with Gasteiger partial charge in [0.25, 0.3) is 0 Å². The van der Waals surface area contributed by atoms with Gasteiger partial charge in [0.15, 0.2) is 0 Å². The van der Waals surface area contributed by atoms with Crippen molar-refractivity contribution in [2.75, 3.05) is 0 Å². The summed E-state index contributed by atoms with van der Waals surface area (Å²) in [7, 11) is -6.26. The van der Waals surface area contributed by atoms with Gasteiger partial charge in [-0.1, -0.05) is 0 Å². The Balaban J connectivity index is -0.00000000747. The SMILES string of the molecule is C=O.C=O.C=O.C=O.O=[PH](O)O.O=[PH](O)O.[NaH].[NaH].[NaH].[NaH]. The van der Waals surface area contributed by atoms with Crippen LogP contribution in [0.2, 0.25) is 0 Å². The summed E-state index contributed by atoms with van der Waals surface area (Å²) >= 11 is 0. The van der Waals surface area contributed by atoms with Crippen LogP contribution in [-0.2, 0) is 28.3 Å². The Morgan fingerprint density at radius 2 is 0.450 bits per heavy atom. The fourth-order valence-electron chi connectivity index (χ4n) is 0. The first-order chi connectivity index (χ1) is 7.46. The van der Waals surface area contributed by atoms with Crippen LogP contribution in [0.15, 0.2) is 0 Å². The molecule has 108 valence electrons. The maximum absolute atomic E-state index is 8.74. The van der Waals surface area contributed by atoms with Crippen LogP contribution in [0.3, 0.4) is 0 Å². The monoisotopic (exact) mass is 380 g/mol. The number of carbonyl (C=O) groups is 4. The molecule has 4 N–H and O–H groups in total. The predicted octanol–water partition coefficient (Wildman–Crippen LogP) is -4.61. The molecule has 0 aromatic heterocycles. The normalized spacial score (nSPS) is 4.30. The Labute approximate surface area is 206 Å². The molecule has 0 saturated heterocycles. The van der Waals surface area contributed by atoms with Crippen LogP contribution in [0.5, 0.6) is 0 Å². The fourth-order valence-corrected chi connectivity index (χ4v) is 0. The molecule has 16 heteroatoms. The molecule has 10 nitrogen and oxygen atoms in total. The van der Waals surface area contributed by atoms with Gasteiger partial charge in [-0.2, -0.15) is 0 Å². The molecule has 0 radical (unpaired) electrons. The van der Waals surface area contributed by atoms with E-state index < -0.39 is 16.5 Å². The summed E-state index contributed by atoms with van der Waals surface area (Å²) < 4.78 is 17.5. The summed E-state index contributed by atoms with van der Waals surface area (Å²) in [4.78, 5) is 60.6. The van der Waals surface area contributed by atoms with E-state index in [2.05, 4.69) is 0 Å². The van der Waals surface area contributed by atoms with Crippen molar-refractivity contribution in [3.63, 3.8) is 0 Å². The molecule has 0 unspecified atom stereocenters. The van der Waals surface area contributed by atoms with Gasteiger partial charge < -0.3 is 38.8 Å². The first-order valence-corrected chi connectivity index (χ1v) is 5.06. The number of carbonyl (C=O) groups excluding carboxylic acids is 4. The summed E-state index contributed by atoms with van der Waals surface area (Å²) in [6.07, 6.45) is 0. The quantitative estimate of drug-likeness (QED) is 0.236. The van der Waals surface area contributed by atoms with E-state index in [1.165, 1.54) is 0 Å². The third-order valence-corrected chi connectivity index (χ3v) is 0. The van der Waals surface area contributed by atoms with Crippen LogP contribution in [0.25, 0.3) is 0 Å². The third kappa shape index (κ3) is 943. The van der Waals surface area contributed by atoms with E-state index in [4.69, 9.17) is 47.9 Å². The molecule has 0 bridgehead atoms. The third-order valence-electron chi connectivity index (χ3n) is 0. The molecular formula is C4H18Na4O10P2. The van der Waals surface area contributed by atoms with Gasteiger partial charge >= 0.3 is 135 Å². The van der Waals surface area contributed by atoms with Crippen molar-refractivity contribution < 1.29 is 47.9 Å². The molecule has 0 aliphatic heterocycles. The number of rotatable bonds is 0. The van der Waals surface area contributed by atoms with E-state index in [9.17, 15) is 0 Å². The van der Waals surface area contributed by atoms with Crippen LogP contribution in [-0.4, -0.2) is 165 Å². The summed E-state index contributed by atoms with van der Waals surface area (Å²) in [5.74, 6) is 0. The summed E-state index contributed by atoms with van der Waals surface area (Å²) in [6, 6.07) is 0. The van der Waals surface area contributed by atoms with Crippen molar-refractivity contribution in [3.05, 3.63) is 0 Å². The van der Waals surface area contributed by atoms with Crippen molar-refractivity contribution in [3.8, 4) is 0 Å². The number of hydrogen-bond donors (Lipinski definition) is 4. The summed E-state index contributed by atoms with van der Waals surface area (Å²) in [5.41, 5.74) is 0. The molecule has 20 heavy (non-hydrogen) atoms. The van der Waals surface area contributed by atoms with Crippen molar-refractivity contribution >= 4 is 162 Å². The summed E-state index contributed by atoms with van der Waals surface area (Å²) in [5, 5.41) is 0. The zero-order chi connectivity index (χ0) is 15.2. The van der Waals surface area contributed by atoms with Crippen molar-refractivity contribution in [1.82, 2.24) is 0 Å². The van der Waals surface area contributed by atoms with Gasteiger partial charge in [-0.3, -0.25) is 9.13 Å². The first kappa shape index (κ1) is 65.9. The zero-order valence-corrected chi connectivity index (χ0v) is 10.1. The molecule has 0 saturated carbocycles. The van der Waals surface area contributed by atoms with Crippen LogP contribution in [0, 0.1) is 0 Å². The molecule has 0 fully saturated rings. The summed E-state index contributed by atoms with van der Waals surface area (Å²) in [6.45, 7) is 8.00. The van der Waals surface area contributed by atoms with Crippen LogP contribution >= 0.6 is 16.5 Å². The van der Waals surface area contributed by atoms with Gasteiger partial charge in [0, 0.05) is 0 Å². The van der Waals surface area contributed by atoms with E-state index in [0.717, 1.165) is 0 Å². The molecule has 0 rings (SSSR count). The standard InChI is InChI=1S/4CH2O.4Na.2H3O3P.4H/c4*1-2;;;;;2*1-4(2)3;;;;/h4*1H2;;;;;2*4H,(H2,1,2,3);;;;. The Kier molecular flexibility index (Phi) is 395. The van der Waals surface area contributed by atoms with Crippen LogP contribution < -0.4 is 0 Å². The minimum atomic E-state index is -3.13. The first-order valence-electron chi connectivity index (χ1n) is 2.46. The average Bonchev–Trinajstić information content (AvgIpc) is 2.27. The second kappa shape index (κ2) is 120. The molecule has 0 spiro atoms. The van der Waals surface area contributed by atoms with E-state index in [1.807, 2.05) is 27.2 Å². The minimum absolute atomic E-state index is 0. The molecule has 0 aromatic carbocycles. The Morgan fingerprint density at radius 3 is 0.450 bits per heavy atom. The second-order valence-electron chi connectivity index (χ2n) is 0.565. The van der Waals surface area contributed by atoms with Gasteiger partial charge in [0.2, 0.25) is 0 Å². The topological polar surface area (TPSA) is 183 Å². The predicted molar refractivity (Wildman–Crippen MR) is 84.0 cm³/mol. The van der Waals surface area contributed by atoms with Gasteiger partial charge in [-0.25, -0.2) is 0 Å². The van der Waals surface area contributed by atoms with Crippen molar-refractivity contribution in [2.45, 2.75) is 0 Å². The molecule has 0 aliphatic rings.